The molecule has 14 nitrogen and oxygen atoms in total. The standard InChI is InChI=1S/C15H22FO13P.C6H15N/c1-6(17)27-5-10(16)14-8(3-12(20)21)7(2-11(18)19)9(4-13(22)23)15(28-14)29-30(24,25)26;1-4-7(5-2)6-3/h7-10,14-15H,2-5H2,1H3,(H,18,19)(H,20,21)(H,22,23)(H2,24,25,26);4-6H2,1-3H3/t7-,8-,9-,10?,14-,15-;/m0./s1. The van der Waals surface area contributed by atoms with Gasteiger partial charge < -0.3 is 39.5 Å². The van der Waals surface area contributed by atoms with Crippen molar-refractivity contribution in [1.82, 2.24) is 4.90 Å². The molecule has 37 heavy (non-hydrogen) atoms. The maximum atomic E-state index is 14.7. The molecule has 1 rings (SSSR count). The summed E-state index contributed by atoms with van der Waals surface area (Å²) >= 11 is 0. The van der Waals surface area contributed by atoms with Crippen LogP contribution in [-0.4, -0.2) is 98.7 Å². The summed E-state index contributed by atoms with van der Waals surface area (Å²) in [5.41, 5.74) is 0. The van der Waals surface area contributed by atoms with Crippen LogP contribution in [0.15, 0.2) is 0 Å². The summed E-state index contributed by atoms with van der Waals surface area (Å²) in [6.07, 6.45) is -8.68. The van der Waals surface area contributed by atoms with Crippen molar-refractivity contribution in [3.63, 3.8) is 0 Å². The fourth-order valence-corrected chi connectivity index (χ4v) is 4.57. The van der Waals surface area contributed by atoms with E-state index >= 15 is 0 Å². The van der Waals surface area contributed by atoms with Gasteiger partial charge in [-0.1, -0.05) is 20.8 Å². The molecule has 0 aliphatic carbocycles. The summed E-state index contributed by atoms with van der Waals surface area (Å²) in [5.74, 6) is -9.71. The minimum atomic E-state index is -5.30. The smallest absolute Gasteiger partial charge is 0.471 e. The molecular weight excluding hydrogens is 524 g/mol. The number of carbonyl (C=O) groups is 4. The number of halogens is 1. The molecular formula is C21H37FNO13P. The lowest BCUT2D eigenvalue weighted by Crippen LogP contribution is -2.54. The number of aliphatic carboxylic acids is 3. The first kappa shape index (κ1) is 34.8. The Kier molecular flexibility index (Phi) is 15.7. The third-order valence-electron chi connectivity index (χ3n) is 5.78. The van der Waals surface area contributed by atoms with E-state index in [2.05, 4.69) is 34.9 Å². The van der Waals surface area contributed by atoms with E-state index in [1.165, 1.54) is 19.6 Å². The number of nitrogens with zero attached hydrogens (tertiary/aromatic N) is 1. The van der Waals surface area contributed by atoms with Crippen molar-refractivity contribution < 1.29 is 67.2 Å². The predicted molar refractivity (Wildman–Crippen MR) is 124 cm³/mol. The predicted octanol–water partition coefficient (Wildman–Crippen LogP) is 1.34. The lowest BCUT2D eigenvalue weighted by Gasteiger charge is -2.46. The Bertz CT molecular complexity index is 798. The van der Waals surface area contributed by atoms with Gasteiger partial charge in [0.15, 0.2) is 12.5 Å². The summed E-state index contributed by atoms with van der Waals surface area (Å²) in [6.45, 7) is 10.2. The van der Waals surface area contributed by atoms with Crippen LogP contribution in [0.1, 0.15) is 47.0 Å². The second-order valence-corrected chi connectivity index (χ2v) is 9.48. The number of hydrogen-bond acceptors (Lipinski definition) is 9. The lowest BCUT2D eigenvalue weighted by molar-refractivity contribution is -0.247. The van der Waals surface area contributed by atoms with Gasteiger partial charge in [0.25, 0.3) is 0 Å². The number of phosphoric acid groups is 1. The highest BCUT2D eigenvalue weighted by Gasteiger charge is 2.52. The van der Waals surface area contributed by atoms with E-state index in [0.717, 1.165) is 6.92 Å². The molecule has 0 spiro atoms. The molecule has 0 bridgehead atoms. The average Bonchev–Trinajstić information content (AvgIpc) is 2.75. The molecule has 1 heterocycles. The van der Waals surface area contributed by atoms with Gasteiger partial charge in [-0.3, -0.25) is 23.7 Å². The van der Waals surface area contributed by atoms with Crippen LogP contribution in [0.3, 0.4) is 0 Å². The van der Waals surface area contributed by atoms with E-state index in [4.69, 9.17) is 19.6 Å². The van der Waals surface area contributed by atoms with Gasteiger partial charge in [-0.05, 0) is 25.6 Å². The van der Waals surface area contributed by atoms with Crippen molar-refractivity contribution in [2.75, 3.05) is 26.2 Å². The zero-order valence-electron chi connectivity index (χ0n) is 21.2. The summed E-state index contributed by atoms with van der Waals surface area (Å²) < 4.78 is 40.2. The number of carboxylic acids is 3. The Labute approximate surface area is 213 Å². The van der Waals surface area contributed by atoms with Crippen LogP contribution >= 0.6 is 7.82 Å². The van der Waals surface area contributed by atoms with E-state index in [9.17, 15) is 38.3 Å². The first-order chi connectivity index (χ1) is 17.1. The van der Waals surface area contributed by atoms with Crippen molar-refractivity contribution >= 4 is 31.7 Å². The Hall–Kier alpha value is -2.16. The summed E-state index contributed by atoms with van der Waals surface area (Å²) in [7, 11) is -5.30. The molecule has 1 saturated heterocycles. The number of carboxylic acid groups (broad SMARTS) is 3. The topological polar surface area (TPSA) is 217 Å². The van der Waals surface area contributed by atoms with Gasteiger partial charge in [0.2, 0.25) is 0 Å². The zero-order chi connectivity index (χ0) is 28.9. The Balaban J connectivity index is 0.00000161. The van der Waals surface area contributed by atoms with Crippen LogP contribution in [-0.2, 0) is 37.7 Å². The normalized spacial score (nSPS) is 24.5. The van der Waals surface area contributed by atoms with Crippen LogP contribution in [0.2, 0.25) is 0 Å². The minimum absolute atomic E-state index is 0.845. The molecule has 1 aliphatic rings. The van der Waals surface area contributed by atoms with Gasteiger partial charge in [0, 0.05) is 25.2 Å². The molecule has 6 atom stereocenters. The fraction of sp³-hybridized carbons (Fsp3) is 0.810. The minimum Gasteiger partial charge on any atom is -0.481 e. The molecule has 1 fully saturated rings. The molecule has 1 unspecified atom stereocenters. The number of alkyl halides is 1. The van der Waals surface area contributed by atoms with E-state index < -0.39 is 93.9 Å². The van der Waals surface area contributed by atoms with Crippen LogP contribution < -0.4 is 0 Å². The van der Waals surface area contributed by atoms with Crippen molar-refractivity contribution in [2.24, 2.45) is 17.8 Å². The molecule has 0 saturated carbocycles. The SMILES string of the molecule is CC(=O)OCC(F)[C@H]1O[C@@H](OP(=O)(O)O)[C@@H](CC(=O)O)[C@@H](CC(=O)O)[C@@H]1CC(=O)O.CCN(CC)CC. The summed E-state index contributed by atoms with van der Waals surface area (Å²) in [4.78, 5) is 65.3. The van der Waals surface area contributed by atoms with Gasteiger partial charge in [-0.15, -0.1) is 0 Å². The number of hydrogen-bond donors (Lipinski definition) is 5. The maximum absolute atomic E-state index is 14.7. The summed E-state index contributed by atoms with van der Waals surface area (Å²) in [5, 5.41) is 27.5. The molecule has 1 aliphatic heterocycles. The highest BCUT2D eigenvalue weighted by molar-refractivity contribution is 7.46. The Morgan fingerprint density at radius 2 is 1.32 bits per heavy atom. The molecule has 216 valence electrons. The van der Waals surface area contributed by atoms with Crippen molar-refractivity contribution in [3.05, 3.63) is 0 Å². The Morgan fingerprint density at radius 3 is 1.68 bits per heavy atom. The molecule has 0 amide bonds. The largest absolute Gasteiger partial charge is 0.481 e. The molecule has 16 heteroatoms. The van der Waals surface area contributed by atoms with Gasteiger partial charge in [-0.2, -0.15) is 0 Å². The average molecular weight is 561 g/mol. The van der Waals surface area contributed by atoms with E-state index in [-0.39, 0.29) is 0 Å². The molecule has 0 aromatic rings. The van der Waals surface area contributed by atoms with Crippen LogP contribution in [0, 0.1) is 17.8 Å². The molecule has 0 aromatic carbocycles. The molecule has 5 N–H and O–H groups in total. The third-order valence-corrected chi connectivity index (χ3v) is 6.26. The fourth-order valence-electron chi connectivity index (χ4n) is 4.10. The highest BCUT2D eigenvalue weighted by atomic mass is 31.2. The number of carbonyl (C=O) groups excluding carboxylic acids is 1. The first-order valence-electron chi connectivity index (χ1n) is 11.6. The quantitative estimate of drug-likeness (QED) is 0.149. The van der Waals surface area contributed by atoms with Crippen LogP contribution in [0.5, 0.6) is 0 Å². The second-order valence-electron chi connectivity index (χ2n) is 8.29. The van der Waals surface area contributed by atoms with E-state index in [1.807, 2.05) is 0 Å². The number of ether oxygens (including phenoxy) is 2. The second kappa shape index (κ2) is 16.6. The molecule has 0 aromatic heterocycles. The zero-order valence-corrected chi connectivity index (χ0v) is 22.1. The third kappa shape index (κ3) is 13.8. The van der Waals surface area contributed by atoms with E-state index in [0.29, 0.717) is 0 Å². The molecule has 0 radical (unpaired) electrons. The van der Waals surface area contributed by atoms with Gasteiger partial charge >= 0.3 is 31.7 Å². The van der Waals surface area contributed by atoms with Gasteiger partial charge in [0.1, 0.15) is 6.61 Å². The number of rotatable bonds is 14. The van der Waals surface area contributed by atoms with Crippen molar-refractivity contribution in [2.45, 2.75) is 65.5 Å². The number of esters is 1. The maximum Gasteiger partial charge on any atom is 0.471 e. The van der Waals surface area contributed by atoms with E-state index in [1.54, 1.807) is 0 Å². The summed E-state index contributed by atoms with van der Waals surface area (Å²) in [6, 6.07) is 0. The van der Waals surface area contributed by atoms with Gasteiger partial charge in [0.05, 0.1) is 18.9 Å². The number of phosphoric ester groups is 1. The highest BCUT2D eigenvalue weighted by Crippen LogP contribution is 2.48. The Morgan fingerprint density at radius 1 is 0.892 bits per heavy atom. The van der Waals surface area contributed by atoms with Crippen molar-refractivity contribution in [3.8, 4) is 0 Å². The lowest BCUT2D eigenvalue weighted by atomic mass is 9.70. The van der Waals surface area contributed by atoms with Gasteiger partial charge in [-0.25, -0.2) is 8.96 Å². The van der Waals surface area contributed by atoms with Crippen LogP contribution in [0.4, 0.5) is 4.39 Å². The monoisotopic (exact) mass is 561 g/mol. The van der Waals surface area contributed by atoms with Crippen LogP contribution in [0.25, 0.3) is 0 Å². The first-order valence-corrected chi connectivity index (χ1v) is 13.1. The van der Waals surface area contributed by atoms with Crippen molar-refractivity contribution in [1.29, 1.82) is 0 Å².